The number of aryl methyl sites for hydroxylation is 2. The van der Waals surface area contributed by atoms with Crippen molar-refractivity contribution in [2.75, 3.05) is 5.32 Å². The Kier molecular flexibility index (Phi) is 3.82. The summed E-state index contributed by atoms with van der Waals surface area (Å²) in [6.07, 6.45) is 7.62. The maximum Gasteiger partial charge on any atom is 0.255 e. The van der Waals surface area contributed by atoms with Gasteiger partial charge < -0.3 is 5.32 Å². The maximum absolute atomic E-state index is 12.6. The van der Waals surface area contributed by atoms with Crippen molar-refractivity contribution >= 4 is 23.2 Å². The standard InChI is InChI=1S/C19H19ClN2O/c20-13-10-8-12(9-11-13)19(23)22-18-14-4-1-2-6-16(14)21-17-7-3-5-15(17)18/h8-11H,1-7H2,(H,21,22,23). The van der Waals surface area contributed by atoms with E-state index in [1.165, 1.54) is 35.4 Å². The number of hydrogen-bond donors (Lipinski definition) is 1. The van der Waals surface area contributed by atoms with Gasteiger partial charge in [0.2, 0.25) is 0 Å². The summed E-state index contributed by atoms with van der Waals surface area (Å²) < 4.78 is 0. The summed E-state index contributed by atoms with van der Waals surface area (Å²) in [4.78, 5) is 17.5. The Morgan fingerprint density at radius 1 is 0.913 bits per heavy atom. The molecule has 0 aliphatic heterocycles. The normalized spacial score (nSPS) is 15.9. The molecule has 2 aliphatic rings. The van der Waals surface area contributed by atoms with E-state index in [1.807, 2.05) is 0 Å². The number of nitrogens with zero attached hydrogens (tertiary/aromatic N) is 1. The molecule has 2 aliphatic carbocycles. The Labute approximate surface area is 141 Å². The van der Waals surface area contributed by atoms with Crippen molar-refractivity contribution in [1.82, 2.24) is 4.98 Å². The minimum absolute atomic E-state index is 0.0604. The molecule has 3 nitrogen and oxygen atoms in total. The Balaban J connectivity index is 1.72. The second-order valence-corrected chi connectivity index (χ2v) is 6.80. The fraction of sp³-hybridized carbons (Fsp3) is 0.368. The minimum Gasteiger partial charge on any atom is -0.321 e. The number of amides is 1. The second kappa shape index (κ2) is 5.97. The molecule has 0 saturated carbocycles. The number of nitrogens with one attached hydrogen (secondary N) is 1. The van der Waals surface area contributed by atoms with Crippen molar-refractivity contribution in [3.63, 3.8) is 0 Å². The lowest BCUT2D eigenvalue weighted by atomic mass is 9.92. The van der Waals surface area contributed by atoms with Crippen molar-refractivity contribution in [1.29, 1.82) is 0 Å². The number of carbonyl (C=O) groups excluding carboxylic acids is 1. The molecule has 4 heteroatoms. The first-order valence-corrected chi connectivity index (χ1v) is 8.70. The quantitative estimate of drug-likeness (QED) is 0.891. The molecule has 0 bridgehead atoms. The van der Waals surface area contributed by atoms with Gasteiger partial charge in [-0.25, -0.2) is 0 Å². The lowest BCUT2D eigenvalue weighted by Gasteiger charge is -2.22. The number of fused-ring (bicyclic) bond motifs is 2. The number of anilines is 1. The summed E-state index contributed by atoms with van der Waals surface area (Å²) in [6, 6.07) is 7.04. The van der Waals surface area contributed by atoms with Gasteiger partial charge in [-0.15, -0.1) is 0 Å². The molecule has 4 rings (SSSR count). The highest BCUT2D eigenvalue weighted by molar-refractivity contribution is 6.30. The molecule has 2 aromatic rings. The molecule has 0 atom stereocenters. The molecule has 118 valence electrons. The number of halogens is 1. The van der Waals surface area contributed by atoms with Crippen LogP contribution in [0.25, 0.3) is 0 Å². The third-order valence-corrected chi connectivity index (χ3v) is 5.10. The predicted molar refractivity (Wildman–Crippen MR) is 92.3 cm³/mol. The summed E-state index contributed by atoms with van der Waals surface area (Å²) >= 11 is 5.91. The average molecular weight is 327 g/mol. The zero-order valence-corrected chi connectivity index (χ0v) is 13.7. The number of pyridine rings is 1. The Morgan fingerprint density at radius 3 is 2.26 bits per heavy atom. The fourth-order valence-corrected chi connectivity index (χ4v) is 3.81. The molecule has 0 fully saturated rings. The van der Waals surface area contributed by atoms with Gasteiger partial charge in [0.1, 0.15) is 0 Å². The third kappa shape index (κ3) is 2.74. The van der Waals surface area contributed by atoms with Crippen molar-refractivity contribution < 1.29 is 4.79 Å². The zero-order valence-electron chi connectivity index (χ0n) is 13.0. The lowest BCUT2D eigenvalue weighted by Crippen LogP contribution is -2.18. The van der Waals surface area contributed by atoms with Crippen LogP contribution in [0, 0.1) is 0 Å². The number of benzene rings is 1. The number of rotatable bonds is 2. The molecule has 1 aromatic heterocycles. The second-order valence-electron chi connectivity index (χ2n) is 6.36. The fourth-order valence-electron chi connectivity index (χ4n) is 3.69. The molecule has 1 aromatic carbocycles. The van der Waals surface area contributed by atoms with Gasteiger partial charge >= 0.3 is 0 Å². The van der Waals surface area contributed by atoms with E-state index in [4.69, 9.17) is 16.6 Å². The molecule has 1 N–H and O–H groups in total. The van der Waals surface area contributed by atoms with Gasteiger partial charge in [-0.1, -0.05) is 11.6 Å². The van der Waals surface area contributed by atoms with E-state index in [1.54, 1.807) is 24.3 Å². The van der Waals surface area contributed by atoms with E-state index in [-0.39, 0.29) is 5.91 Å². The first kappa shape index (κ1) is 14.7. The van der Waals surface area contributed by atoms with Crippen LogP contribution < -0.4 is 5.32 Å². The molecular formula is C19H19ClN2O. The Bertz CT molecular complexity index is 768. The van der Waals surface area contributed by atoms with Crippen LogP contribution >= 0.6 is 11.6 Å². The smallest absolute Gasteiger partial charge is 0.255 e. The summed E-state index contributed by atoms with van der Waals surface area (Å²) in [5.74, 6) is -0.0604. The Morgan fingerprint density at radius 2 is 1.52 bits per heavy atom. The van der Waals surface area contributed by atoms with E-state index >= 15 is 0 Å². The van der Waals surface area contributed by atoms with E-state index in [0.717, 1.165) is 37.8 Å². The van der Waals surface area contributed by atoms with Crippen molar-refractivity contribution in [3.05, 3.63) is 57.4 Å². The highest BCUT2D eigenvalue weighted by Gasteiger charge is 2.25. The van der Waals surface area contributed by atoms with Gasteiger partial charge in [0, 0.05) is 22.0 Å². The lowest BCUT2D eigenvalue weighted by molar-refractivity contribution is 0.102. The summed E-state index contributed by atoms with van der Waals surface area (Å²) in [5, 5.41) is 3.83. The van der Waals surface area contributed by atoms with E-state index < -0.39 is 0 Å². The maximum atomic E-state index is 12.6. The van der Waals surface area contributed by atoms with Gasteiger partial charge in [0.25, 0.3) is 5.91 Å². The average Bonchev–Trinajstić information content (AvgIpc) is 3.03. The third-order valence-electron chi connectivity index (χ3n) is 4.85. The van der Waals surface area contributed by atoms with Gasteiger partial charge in [0.05, 0.1) is 5.69 Å². The SMILES string of the molecule is O=C(Nc1c2c(nc3c1CCC3)CCCC2)c1ccc(Cl)cc1. The van der Waals surface area contributed by atoms with Gasteiger partial charge in [-0.05, 0) is 80.3 Å². The molecule has 1 heterocycles. The van der Waals surface area contributed by atoms with Crippen LogP contribution in [0.2, 0.25) is 5.02 Å². The molecular weight excluding hydrogens is 308 g/mol. The summed E-state index contributed by atoms with van der Waals surface area (Å²) in [7, 11) is 0. The van der Waals surface area contributed by atoms with Crippen molar-refractivity contribution in [2.24, 2.45) is 0 Å². The van der Waals surface area contributed by atoms with E-state index in [2.05, 4.69) is 5.32 Å². The molecule has 0 radical (unpaired) electrons. The van der Waals surface area contributed by atoms with Crippen LogP contribution in [0.15, 0.2) is 24.3 Å². The van der Waals surface area contributed by atoms with Crippen LogP contribution in [0.5, 0.6) is 0 Å². The topological polar surface area (TPSA) is 42.0 Å². The van der Waals surface area contributed by atoms with Crippen LogP contribution in [0.3, 0.4) is 0 Å². The number of aromatic nitrogens is 1. The minimum atomic E-state index is -0.0604. The molecule has 0 spiro atoms. The van der Waals surface area contributed by atoms with Crippen LogP contribution in [-0.4, -0.2) is 10.9 Å². The molecule has 1 amide bonds. The van der Waals surface area contributed by atoms with Crippen LogP contribution in [0.1, 0.15) is 52.1 Å². The van der Waals surface area contributed by atoms with Crippen molar-refractivity contribution in [2.45, 2.75) is 44.9 Å². The van der Waals surface area contributed by atoms with Crippen LogP contribution in [-0.2, 0) is 25.7 Å². The van der Waals surface area contributed by atoms with Gasteiger partial charge in [0.15, 0.2) is 0 Å². The molecule has 0 unspecified atom stereocenters. The monoisotopic (exact) mass is 326 g/mol. The van der Waals surface area contributed by atoms with Gasteiger partial charge in [-0.3, -0.25) is 9.78 Å². The predicted octanol–water partition coefficient (Wildman–Crippen LogP) is 4.35. The van der Waals surface area contributed by atoms with Gasteiger partial charge in [-0.2, -0.15) is 0 Å². The number of carbonyl (C=O) groups is 1. The highest BCUT2D eigenvalue weighted by Crippen LogP contribution is 2.36. The summed E-state index contributed by atoms with van der Waals surface area (Å²) in [5.41, 5.74) is 6.59. The van der Waals surface area contributed by atoms with E-state index in [0.29, 0.717) is 10.6 Å². The number of hydrogen-bond acceptors (Lipinski definition) is 2. The van der Waals surface area contributed by atoms with Crippen molar-refractivity contribution in [3.8, 4) is 0 Å². The highest BCUT2D eigenvalue weighted by atomic mass is 35.5. The molecule has 23 heavy (non-hydrogen) atoms. The van der Waals surface area contributed by atoms with Crippen LogP contribution in [0.4, 0.5) is 5.69 Å². The molecule has 0 saturated heterocycles. The van der Waals surface area contributed by atoms with E-state index in [9.17, 15) is 4.79 Å². The first-order valence-electron chi connectivity index (χ1n) is 8.33. The zero-order chi connectivity index (χ0) is 15.8. The summed E-state index contributed by atoms with van der Waals surface area (Å²) in [6.45, 7) is 0. The largest absolute Gasteiger partial charge is 0.321 e. The first-order chi connectivity index (χ1) is 11.2. The Hall–Kier alpha value is -1.87.